The molecule has 1 fully saturated rings. The summed E-state index contributed by atoms with van der Waals surface area (Å²) in [4.78, 5) is 12.7. The first kappa shape index (κ1) is 20.0. The number of ether oxygens (including phenoxy) is 2. The van der Waals surface area contributed by atoms with Crippen LogP contribution in [0.3, 0.4) is 0 Å². The Hall–Kier alpha value is -2.73. The number of nitriles is 1. The van der Waals surface area contributed by atoms with E-state index in [1.165, 1.54) is 16.4 Å². The summed E-state index contributed by atoms with van der Waals surface area (Å²) in [6.07, 6.45) is 0.273. The Morgan fingerprint density at radius 3 is 2.50 bits per heavy atom. The second-order valence-corrected chi connectivity index (χ2v) is 8.30. The first-order valence-electron chi connectivity index (χ1n) is 8.78. The predicted molar refractivity (Wildman–Crippen MR) is 101 cm³/mol. The molecule has 2 aromatic rings. The van der Waals surface area contributed by atoms with E-state index in [2.05, 4.69) is 0 Å². The van der Waals surface area contributed by atoms with E-state index < -0.39 is 16.0 Å². The smallest absolute Gasteiger partial charge is 0.343 e. The van der Waals surface area contributed by atoms with Crippen LogP contribution in [-0.4, -0.2) is 45.0 Å². The van der Waals surface area contributed by atoms with E-state index in [9.17, 15) is 13.2 Å². The molecule has 0 aliphatic carbocycles. The van der Waals surface area contributed by atoms with Crippen molar-refractivity contribution < 1.29 is 22.7 Å². The fraction of sp³-hybridized carbons (Fsp3) is 0.300. The zero-order valence-electron chi connectivity index (χ0n) is 15.4. The summed E-state index contributed by atoms with van der Waals surface area (Å²) in [6, 6.07) is 13.1. The minimum atomic E-state index is -3.70. The third kappa shape index (κ3) is 4.39. The van der Waals surface area contributed by atoms with Gasteiger partial charge in [-0.25, -0.2) is 13.2 Å². The standard InChI is InChI=1S/C20H20N2O5S/c1-15-2-7-18(28(24,25)22-10-12-26-13-11-22)14-19(15)20(23)27-17-5-3-16(4-6-17)8-9-21/h2-7,14H,8,10-13H2,1H3. The molecule has 1 heterocycles. The van der Waals surface area contributed by atoms with Crippen LogP contribution in [0.2, 0.25) is 0 Å². The molecule has 0 unspecified atom stereocenters. The zero-order valence-corrected chi connectivity index (χ0v) is 16.2. The number of rotatable bonds is 5. The largest absolute Gasteiger partial charge is 0.423 e. The molecule has 0 saturated carbocycles. The SMILES string of the molecule is Cc1ccc(S(=O)(=O)N2CCOCC2)cc1C(=O)Oc1ccc(CC#N)cc1. The molecule has 146 valence electrons. The quantitative estimate of drug-likeness (QED) is 0.564. The lowest BCUT2D eigenvalue weighted by Crippen LogP contribution is -2.40. The van der Waals surface area contributed by atoms with Gasteiger partial charge in [0.25, 0.3) is 0 Å². The van der Waals surface area contributed by atoms with Crippen molar-refractivity contribution in [1.82, 2.24) is 4.31 Å². The molecule has 7 nitrogen and oxygen atoms in total. The van der Waals surface area contributed by atoms with Crippen molar-refractivity contribution in [2.24, 2.45) is 0 Å². The maximum absolute atomic E-state index is 12.8. The molecule has 1 saturated heterocycles. The number of nitrogens with zero attached hydrogens (tertiary/aromatic N) is 2. The molecule has 0 N–H and O–H groups in total. The number of sulfonamides is 1. The lowest BCUT2D eigenvalue weighted by Gasteiger charge is -2.26. The van der Waals surface area contributed by atoms with E-state index in [-0.39, 0.29) is 30.0 Å². The summed E-state index contributed by atoms with van der Waals surface area (Å²) in [5.74, 6) is -0.308. The Morgan fingerprint density at radius 1 is 1.18 bits per heavy atom. The van der Waals surface area contributed by atoms with E-state index in [1.54, 1.807) is 37.3 Å². The summed E-state index contributed by atoms with van der Waals surface area (Å²) < 4.78 is 37.6. The van der Waals surface area contributed by atoms with Crippen molar-refractivity contribution in [3.8, 4) is 11.8 Å². The lowest BCUT2D eigenvalue weighted by atomic mass is 10.1. The normalized spacial score (nSPS) is 15.0. The minimum absolute atomic E-state index is 0.0521. The first-order chi connectivity index (χ1) is 13.4. The molecule has 3 rings (SSSR count). The van der Waals surface area contributed by atoms with Gasteiger partial charge in [-0.05, 0) is 42.3 Å². The van der Waals surface area contributed by atoms with Crippen LogP contribution in [0.1, 0.15) is 21.5 Å². The van der Waals surface area contributed by atoms with E-state index in [4.69, 9.17) is 14.7 Å². The number of aryl methyl sites for hydroxylation is 1. The van der Waals surface area contributed by atoms with Gasteiger partial charge in [-0.15, -0.1) is 0 Å². The number of hydrogen-bond acceptors (Lipinski definition) is 6. The molecule has 0 bridgehead atoms. The lowest BCUT2D eigenvalue weighted by molar-refractivity contribution is 0.0727. The van der Waals surface area contributed by atoms with E-state index >= 15 is 0 Å². The van der Waals surface area contributed by atoms with E-state index in [1.807, 2.05) is 6.07 Å². The van der Waals surface area contributed by atoms with Crippen molar-refractivity contribution in [3.63, 3.8) is 0 Å². The fourth-order valence-corrected chi connectivity index (χ4v) is 4.28. The van der Waals surface area contributed by atoms with Crippen molar-refractivity contribution in [2.75, 3.05) is 26.3 Å². The molecule has 0 amide bonds. The van der Waals surface area contributed by atoms with Gasteiger partial charge in [-0.2, -0.15) is 9.57 Å². The Morgan fingerprint density at radius 2 is 1.86 bits per heavy atom. The fourth-order valence-electron chi connectivity index (χ4n) is 2.85. The van der Waals surface area contributed by atoms with Gasteiger partial charge in [0.15, 0.2) is 0 Å². The summed E-state index contributed by atoms with van der Waals surface area (Å²) >= 11 is 0. The van der Waals surface area contributed by atoms with Gasteiger partial charge in [0, 0.05) is 13.1 Å². The second-order valence-electron chi connectivity index (χ2n) is 6.36. The zero-order chi connectivity index (χ0) is 20.1. The van der Waals surface area contributed by atoms with Crippen molar-refractivity contribution in [3.05, 3.63) is 59.2 Å². The number of carbonyl (C=O) groups excluding carboxylic acids is 1. The van der Waals surface area contributed by atoms with Crippen LogP contribution in [0.25, 0.3) is 0 Å². The molecular formula is C20H20N2O5S. The maximum Gasteiger partial charge on any atom is 0.343 e. The Labute approximate surface area is 164 Å². The monoisotopic (exact) mass is 400 g/mol. The number of hydrogen-bond donors (Lipinski definition) is 0. The molecule has 0 radical (unpaired) electrons. The molecule has 0 spiro atoms. The van der Waals surface area contributed by atoms with Gasteiger partial charge >= 0.3 is 5.97 Å². The van der Waals surface area contributed by atoms with Gasteiger partial charge in [-0.3, -0.25) is 0 Å². The molecule has 1 aliphatic rings. The average Bonchev–Trinajstić information content (AvgIpc) is 2.70. The highest BCUT2D eigenvalue weighted by Gasteiger charge is 2.27. The van der Waals surface area contributed by atoms with E-state index in [0.717, 1.165) is 5.56 Å². The molecule has 1 aliphatic heterocycles. The summed E-state index contributed by atoms with van der Waals surface area (Å²) in [5.41, 5.74) is 1.62. The third-order valence-electron chi connectivity index (χ3n) is 4.45. The average molecular weight is 400 g/mol. The van der Waals surface area contributed by atoms with Crippen LogP contribution in [0.5, 0.6) is 5.75 Å². The predicted octanol–water partition coefficient (Wildman–Crippen LogP) is 2.30. The van der Waals surface area contributed by atoms with Gasteiger partial charge in [-0.1, -0.05) is 18.2 Å². The van der Waals surface area contributed by atoms with Crippen LogP contribution in [0.4, 0.5) is 0 Å². The molecule has 0 aromatic heterocycles. The second kappa shape index (κ2) is 8.52. The molecule has 2 aromatic carbocycles. The van der Waals surface area contributed by atoms with Crippen LogP contribution < -0.4 is 4.74 Å². The number of benzene rings is 2. The topological polar surface area (TPSA) is 96.7 Å². The molecule has 8 heteroatoms. The Kier molecular flexibility index (Phi) is 6.09. The highest BCUT2D eigenvalue weighted by molar-refractivity contribution is 7.89. The van der Waals surface area contributed by atoms with Gasteiger partial charge in [0.2, 0.25) is 10.0 Å². The highest BCUT2D eigenvalue weighted by atomic mass is 32.2. The number of esters is 1. The Balaban J connectivity index is 1.82. The van der Waals surface area contributed by atoms with Gasteiger partial charge in [0.1, 0.15) is 5.75 Å². The highest BCUT2D eigenvalue weighted by Crippen LogP contribution is 2.22. The van der Waals surface area contributed by atoms with Crippen LogP contribution in [0.15, 0.2) is 47.4 Å². The van der Waals surface area contributed by atoms with Crippen molar-refractivity contribution in [2.45, 2.75) is 18.2 Å². The van der Waals surface area contributed by atoms with Crippen molar-refractivity contribution in [1.29, 1.82) is 5.26 Å². The molecular weight excluding hydrogens is 380 g/mol. The van der Waals surface area contributed by atoms with Crippen LogP contribution >= 0.6 is 0 Å². The first-order valence-corrected chi connectivity index (χ1v) is 10.2. The minimum Gasteiger partial charge on any atom is -0.423 e. The molecule has 0 atom stereocenters. The van der Waals surface area contributed by atoms with E-state index in [0.29, 0.717) is 24.5 Å². The summed E-state index contributed by atoms with van der Waals surface area (Å²) in [5, 5.41) is 8.70. The number of carbonyl (C=O) groups is 1. The summed E-state index contributed by atoms with van der Waals surface area (Å²) in [7, 11) is -3.70. The Bertz CT molecular complexity index is 1000. The summed E-state index contributed by atoms with van der Waals surface area (Å²) in [6.45, 7) is 2.98. The van der Waals surface area contributed by atoms with Crippen LogP contribution in [-0.2, 0) is 21.2 Å². The maximum atomic E-state index is 12.8. The van der Waals surface area contributed by atoms with Crippen LogP contribution in [0, 0.1) is 18.3 Å². The van der Waals surface area contributed by atoms with Gasteiger partial charge in [0.05, 0.1) is 36.2 Å². The van der Waals surface area contributed by atoms with Crippen molar-refractivity contribution >= 4 is 16.0 Å². The molecule has 28 heavy (non-hydrogen) atoms. The third-order valence-corrected chi connectivity index (χ3v) is 6.35. The van der Waals surface area contributed by atoms with Gasteiger partial charge < -0.3 is 9.47 Å². The number of morpholine rings is 1.